The second-order valence-electron chi connectivity index (χ2n) is 8.61. The van der Waals surface area contributed by atoms with Crippen LogP contribution in [0.1, 0.15) is 50.5 Å². The summed E-state index contributed by atoms with van der Waals surface area (Å²) < 4.78 is 10.8. The molecule has 4 rings (SSSR count). The fraction of sp³-hybridized carbons (Fsp3) is 0.636. The molecule has 3 aliphatic rings. The third kappa shape index (κ3) is 2.93. The summed E-state index contributed by atoms with van der Waals surface area (Å²) in [6.45, 7) is 1.33. The number of ether oxygens (including phenoxy) is 2. The predicted molar refractivity (Wildman–Crippen MR) is 104 cm³/mol. The van der Waals surface area contributed by atoms with Gasteiger partial charge in [-0.2, -0.15) is 0 Å². The van der Waals surface area contributed by atoms with Crippen molar-refractivity contribution in [1.29, 1.82) is 0 Å². The smallest absolute Gasteiger partial charge is 0.307 e. The van der Waals surface area contributed by atoms with Crippen LogP contribution in [0.5, 0.6) is 11.5 Å². The molecule has 152 valence electrons. The number of piperidine rings is 1. The Kier molecular flexibility index (Phi) is 4.76. The molecule has 1 aromatic rings. The number of carbonyl (C=O) groups is 2. The monoisotopic (exact) mass is 387 g/mol. The Morgan fingerprint density at radius 2 is 1.68 bits per heavy atom. The highest BCUT2D eigenvalue weighted by atomic mass is 16.5. The number of benzene rings is 1. The van der Waals surface area contributed by atoms with Crippen LogP contribution in [0.2, 0.25) is 0 Å². The summed E-state index contributed by atoms with van der Waals surface area (Å²) in [5.74, 6) is 0.618. The van der Waals surface area contributed by atoms with Gasteiger partial charge in [0.05, 0.1) is 25.6 Å². The highest BCUT2D eigenvalue weighted by molar-refractivity contribution is 5.89. The number of carboxylic acid groups (broad SMARTS) is 1. The first-order valence-electron chi connectivity index (χ1n) is 10.2. The quantitative estimate of drug-likeness (QED) is 0.839. The van der Waals surface area contributed by atoms with Crippen molar-refractivity contribution in [3.63, 3.8) is 0 Å². The zero-order valence-corrected chi connectivity index (χ0v) is 16.7. The molecule has 1 heterocycles. The molecule has 6 heteroatoms. The topological polar surface area (TPSA) is 76.1 Å². The Bertz CT molecular complexity index is 775. The van der Waals surface area contributed by atoms with Gasteiger partial charge in [0.2, 0.25) is 5.91 Å². The lowest BCUT2D eigenvalue weighted by atomic mass is 9.76. The van der Waals surface area contributed by atoms with E-state index in [0.29, 0.717) is 24.6 Å². The van der Waals surface area contributed by atoms with E-state index in [9.17, 15) is 14.7 Å². The lowest BCUT2D eigenvalue weighted by Gasteiger charge is -2.39. The summed E-state index contributed by atoms with van der Waals surface area (Å²) in [6.07, 6.45) is 6.15. The van der Waals surface area contributed by atoms with Crippen LogP contribution in [0.25, 0.3) is 0 Å². The molecule has 0 bridgehead atoms. The molecule has 1 spiro atoms. The van der Waals surface area contributed by atoms with E-state index in [2.05, 4.69) is 0 Å². The SMILES string of the molecule is COc1ccc(C2(C(=O)N3CCC4(CC3)CC4C(=O)O)CCCC2)cc1OC. The summed E-state index contributed by atoms with van der Waals surface area (Å²) in [5.41, 5.74) is 0.442. The zero-order chi connectivity index (χ0) is 19.9. The lowest BCUT2D eigenvalue weighted by Crippen LogP contribution is -2.49. The molecule has 2 saturated carbocycles. The van der Waals surface area contributed by atoms with Crippen molar-refractivity contribution >= 4 is 11.9 Å². The molecule has 2 aliphatic carbocycles. The number of methoxy groups -OCH3 is 2. The van der Waals surface area contributed by atoms with Crippen LogP contribution in [0.3, 0.4) is 0 Å². The van der Waals surface area contributed by atoms with Crippen LogP contribution in [-0.2, 0) is 15.0 Å². The van der Waals surface area contributed by atoms with E-state index in [4.69, 9.17) is 9.47 Å². The van der Waals surface area contributed by atoms with Crippen molar-refractivity contribution in [2.45, 2.75) is 50.4 Å². The predicted octanol–water partition coefficient (Wildman–Crippen LogP) is 3.23. The average Bonchev–Trinajstić information content (AvgIpc) is 3.19. The molecular formula is C22H29NO5. The standard InChI is InChI=1S/C22H29NO5/c1-27-17-6-5-15(13-18(17)28-2)22(7-3-4-8-22)20(26)23-11-9-21(10-12-23)14-16(21)19(24)25/h5-6,13,16H,3-4,7-12,14H2,1-2H3,(H,24,25). The molecule has 1 aromatic carbocycles. The van der Waals surface area contributed by atoms with E-state index in [1.807, 2.05) is 23.1 Å². The number of likely N-dealkylation sites (tertiary alicyclic amines) is 1. The van der Waals surface area contributed by atoms with E-state index in [-0.39, 0.29) is 17.2 Å². The molecule has 1 amide bonds. The Hall–Kier alpha value is -2.24. The van der Waals surface area contributed by atoms with Gasteiger partial charge in [-0.05, 0) is 55.2 Å². The lowest BCUT2D eigenvalue weighted by molar-refractivity contribution is -0.140. The van der Waals surface area contributed by atoms with Gasteiger partial charge in [-0.3, -0.25) is 9.59 Å². The minimum absolute atomic E-state index is 0.0607. The first-order valence-corrected chi connectivity index (χ1v) is 10.2. The molecule has 0 radical (unpaired) electrons. The zero-order valence-electron chi connectivity index (χ0n) is 16.7. The maximum atomic E-state index is 13.7. The first-order chi connectivity index (χ1) is 13.5. The largest absolute Gasteiger partial charge is 0.493 e. The minimum Gasteiger partial charge on any atom is -0.493 e. The number of aliphatic carboxylic acids is 1. The third-order valence-corrected chi connectivity index (χ3v) is 7.34. The molecule has 1 saturated heterocycles. The third-order valence-electron chi connectivity index (χ3n) is 7.34. The number of nitrogens with zero attached hydrogens (tertiary/aromatic N) is 1. The van der Waals surface area contributed by atoms with Gasteiger partial charge in [-0.15, -0.1) is 0 Å². The van der Waals surface area contributed by atoms with E-state index in [1.54, 1.807) is 14.2 Å². The summed E-state index contributed by atoms with van der Waals surface area (Å²) in [4.78, 5) is 26.9. The molecule has 6 nitrogen and oxygen atoms in total. The van der Waals surface area contributed by atoms with Crippen molar-refractivity contribution in [3.8, 4) is 11.5 Å². The Balaban J connectivity index is 1.55. The molecule has 3 fully saturated rings. The number of hydrogen-bond donors (Lipinski definition) is 1. The maximum absolute atomic E-state index is 13.7. The normalized spacial score (nSPS) is 24.8. The van der Waals surface area contributed by atoms with E-state index in [1.165, 1.54) is 0 Å². The highest BCUT2D eigenvalue weighted by Gasteiger charge is 2.59. The van der Waals surface area contributed by atoms with Crippen LogP contribution in [0, 0.1) is 11.3 Å². The molecule has 1 atom stereocenters. The fourth-order valence-corrected chi connectivity index (χ4v) is 5.45. The number of carboxylic acids is 1. The molecule has 0 aromatic heterocycles. The Morgan fingerprint density at radius 1 is 1.04 bits per heavy atom. The fourth-order valence-electron chi connectivity index (χ4n) is 5.45. The minimum atomic E-state index is -0.683. The molecular weight excluding hydrogens is 358 g/mol. The van der Waals surface area contributed by atoms with Crippen molar-refractivity contribution in [2.24, 2.45) is 11.3 Å². The van der Waals surface area contributed by atoms with Crippen molar-refractivity contribution in [2.75, 3.05) is 27.3 Å². The van der Waals surface area contributed by atoms with Crippen LogP contribution < -0.4 is 9.47 Å². The number of amides is 1. The molecule has 1 aliphatic heterocycles. The average molecular weight is 387 g/mol. The van der Waals surface area contributed by atoms with E-state index < -0.39 is 11.4 Å². The van der Waals surface area contributed by atoms with E-state index >= 15 is 0 Å². The van der Waals surface area contributed by atoms with Gasteiger partial charge in [0.15, 0.2) is 11.5 Å². The van der Waals surface area contributed by atoms with Crippen LogP contribution >= 0.6 is 0 Å². The van der Waals surface area contributed by atoms with Gasteiger partial charge in [0.25, 0.3) is 0 Å². The van der Waals surface area contributed by atoms with Gasteiger partial charge in [0.1, 0.15) is 0 Å². The second-order valence-corrected chi connectivity index (χ2v) is 8.61. The van der Waals surface area contributed by atoms with Crippen LogP contribution in [0.15, 0.2) is 18.2 Å². The van der Waals surface area contributed by atoms with Gasteiger partial charge < -0.3 is 19.5 Å². The summed E-state index contributed by atoms with van der Waals surface area (Å²) >= 11 is 0. The van der Waals surface area contributed by atoms with Crippen molar-refractivity contribution < 1.29 is 24.2 Å². The number of carbonyl (C=O) groups excluding carboxylic acids is 1. The van der Waals surface area contributed by atoms with E-state index in [0.717, 1.165) is 50.5 Å². The molecule has 1 N–H and O–H groups in total. The Morgan fingerprint density at radius 3 is 2.21 bits per heavy atom. The van der Waals surface area contributed by atoms with Gasteiger partial charge >= 0.3 is 5.97 Å². The maximum Gasteiger partial charge on any atom is 0.307 e. The number of hydrogen-bond acceptors (Lipinski definition) is 4. The van der Waals surface area contributed by atoms with Gasteiger partial charge in [-0.25, -0.2) is 0 Å². The van der Waals surface area contributed by atoms with Crippen LogP contribution in [0.4, 0.5) is 0 Å². The van der Waals surface area contributed by atoms with Gasteiger partial charge in [-0.1, -0.05) is 18.9 Å². The van der Waals surface area contributed by atoms with Crippen molar-refractivity contribution in [3.05, 3.63) is 23.8 Å². The van der Waals surface area contributed by atoms with Gasteiger partial charge in [0, 0.05) is 13.1 Å². The summed E-state index contributed by atoms with van der Waals surface area (Å²) in [7, 11) is 3.23. The highest BCUT2D eigenvalue weighted by Crippen LogP contribution is 2.59. The van der Waals surface area contributed by atoms with Crippen LogP contribution in [-0.4, -0.2) is 49.2 Å². The molecule has 1 unspecified atom stereocenters. The number of rotatable bonds is 5. The van der Waals surface area contributed by atoms with Crippen molar-refractivity contribution in [1.82, 2.24) is 4.90 Å². The first kappa shape index (κ1) is 19.1. The summed E-state index contributed by atoms with van der Waals surface area (Å²) in [6, 6.07) is 5.83. The Labute approximate surface area is 165 Å². The molecule has 28 heavy (non-hydrogen) atoms. The summed E-state index contributed by atoms with van der Waals surface area (Å²) in [5, 5.41) is 9.30. The second kappa shape index (κ2) is 6.98.